The lowest BCUT2D eigenvalue weighted by Crippen LogP contribution is -2.36. The molecule has 0 aliphatic carbocycles. The number of nitrogens with zero attached hydrogens (tertiary/aromatic N) is 4. The van der Waals surface area contributed by atoms with Gasteiger partial charge in [-0.1, -0.05) is 31.0 Å². The van der Waals surface area contributed by atoms with Crippen molar-refractivity contribution < 1.29 is 4.74 Å². The Morgan fingerprint density at radius 3 is 2.81 bits per heavy atom. The van der Waals surface area contributed by atoms with Gasteiger partial charge in [-0.05, 0) is 50.5 Å². The van der Waals surface area contributed by atoms with E-state index in [1.807, 2.05) is 49.0 Å². The number of aryl methyl sites for hydroxylation is 2. The van der Waals surface area contributed by atoms with Crippen LogP contribution < -0.4 is 4.74 Å². The van der Waals surface area contributed by atoms with E-state index in [1.165, 1.54) is 0 Å². The minimum atomic E-state index is -0.659. The summed E-state index contributed by atoms with van der Waals surface area (Å²) in [6, 6.07) is 5.75. The number of para-hydroxylation sites is 1. The molecule has 0 fully saturated rings. The van der Waals surface area contributed by atoms with E-state index in [-0.39, 0.29) is 0 Å². The standard InChI is InChI=1S/C21H23ClN4O/c1-5-6-10-21(4)25-18(15-8-7-9-16(22)19(15)27-21)17-12-23-20-14(3)13(2)11-24-26(17)20/h7-9,11-12H,5-6,10H2,1-4H3. The highest BCUT2D eigenvalue weighted by molar-refractivity contribution is 6.33. The Kier molecular flexibility index (Phi) is 4.42. The van der Waals surface area contributed by atoms with E-state index in [2.05, 4.69) is 23.9 Å². The number of rotatable bonds is 4. The molecule has 4 rings (SSSR count). The van der Waals surface area contributed by atoms with Gasteiger partial charge >= 0.3 is 0 Å². The average Bonchev–Trinajstić information content (AvgIpc) is 3.08. The molecule has 2 aromatic heterocycles. The maximum absolute atomic E-state index is 6.48. The smallest absolute Gasteiger partial charge is 0.198 e. The number of unbranched alkanes of at least 4 members (excludes halogenated alkanes) is 1. The van der Waals surface area contributed by atoms with E-state index in [0.717, 1.165) is 53.0 Å². The zero-order valence-electron chi connectivity index (χ0n) is 16.1. The first-order valence-corrected chi connectivity index (χ1v) is 9.69. The van der Waals surface area contributed by atoms with E-state index >= 15 is 0 Å². The molecule has 27 heavy (non-hydrogen) atoms. The number of halogens is 1. The van der Waals surface area contributed by atoms with Crippen LogP contribution in [-0.2, 0) is 0 Å². The SMILES string of the molecule is CCCCC1(C)N=C(c2cnc3c(C)c(C)cnn23)c2cccc(Cl)c2O1. The number of aromatic nitrogens is 3. The quantitative estimate of drug-likeness (QED) is 0.628. The van der Waals surface area contributed by atoms with Crippen LogP contribution in [0.5, 0.6) is 5.75 Å². The van der Waals surface area contributed by atoms with Crippen molar-refractivity contribution in [2.45, 2.75) is 52.7 Å². The highest BCUT2D eigenvalue weighted by Gasteiger charge is 2.35. The monoisotopic (exact) mass is 382 g/mol. The molecule has 1 atom stereocenters. The van der Waals surface area contributed by atoms with Crippen molar-refractivity contribution in [3.8, 4) is 5.75 Å². The minimum absolute atomic E-state index is 0.594. The zero-order valence-corrected chi connectivity index (χ0v) is 16.8. The molecule has 1 aromatic carbocycles. The van der Waals surface area contributed by atoms with E-state index in [1.54, 1.807) is 0 Å². The Hall–Kier alpha value is -2.40. The second-order valence-electron chi connectivity index (χ2n) is 7.29. The molecule has 0 bridgehead atoms. The van der Waals surface area contributed by atoms with Crippen molar-refractivity contribution >= 4 is 23.0 Å². The summed E-state index contributed by atoms with van der Waals surface area (Å²) in [5, 5.41) is 5.18. The third-order valence-electron chi connectivity index (χ3n) is 5.16. The number of benzene rings is 1. The summed E-state index contributed by atoms with van der Waals surface area (Å²) < 4.78 is 8.12. The van der Waals surface area contributed by atoms with Gasteiger partial charge in [0.2, 0.25) is 0 Å². The molecule has 0 saturated heterocycles. The van der Waals surface area contributed by atoms with Gasteiger partial charge in [0.25, 0.3) is 0 Å². The molecule has 0 spiro atoms. The van der Waals surface area contributed by atoms with Gasteiger partial charge in [-0.15, -0.1) is 0 Å². The molecule has 0 saturated carbocycles. The van der Waals surface area contributed by atoms with Crippen LogP contribution in [0.15, 0.2) is 35.6 Å². The van der Waals surface area contributed by atoms with Crippen molar-refractivity contribution in [1.82, 2.24) is 14.6 Å². The van der Waals surface area contributed by atoms with Crippen molar-refractivity contribution in [2.24, 2.45) is 4.99 Å². The first kappa shape index (κ1) is 18.0. The van der Waals surface area contributed by atoms with Crippen LogP contribution in [0, 0.1) is 13.8 Å². The predicted molar refractivity (Wildman–Crippen MR) is 108 cm³/mol. The number of fused-ring (bicyclic) bond motifs is 2. The molecule has 140 valence electrons. The van der Waals surface area contributed by atoms with Crippen LogP contribution in [0.3, 0.4) is 0 Å². The fourth-order valence-electron chi connectivity index (χ4n) is 3.44. The normalized spacial score (nSPS) is 18.9. The predicted octanol–water partition coefficient (Wildman–Crippen LogP) is 5.14. The first-order chi connectivity index (χ1) is 12.9. The lowest BCUT2D eigenvalue weighted by molar-refractivity contribution is 0.0823. The van der Waals surface area contributed by atoms with E-state index in [0.29, 0.717) is 10.8 Å². The minimum Gasteiger partial charge on any atom is -0.464 e. The van der Waals surface area contributed by atoms with Crippen LogP contribution >= 0.6 is 11.6 Å². The van der Waals surface area contributed by atoms with E-state index < -0.39 is 5.72 Å². The maximum atomic E-state index is 6.48. The molecular weight excluding hydrogens is 360 g/mol. The highest BCUT2D eigenvalue weighted by Crippen LogP contribution is 2.39. The van der Waals surface area contributed by atoms with Gasteiger partial charge in [0, 0.05) is 12.0 Å². The van der Waals surface area contributed by atoms with Crippen molar-refractivity contribution in [1.29, 1.82) is 0 Å². The van der Waals surface area contributed by atoms with Crippen LogP contribution in [-0.4, -0.2) is 26.0 Å². The van der Waals surface area contributed by atoms with Crippen molar-refractivity contribution in [3.05, 3.63) is 58.0 Å². The van der Waals surface area contributed by atoms with E-state index in [4.69, 9.17) is 21.3 Å². The average molecular weight is 383 g/mol. The summed E-state index contributed by atoms with van der Waals surface area (Å²) in [6.45, 7) is 8.28. The van der Waals surface area contributed by atoms with Gasteiger partial charge in [0.15, 0.2) is 17.1 Å². The molecule has 6 heteroatoms. The maximum Gasteiger partial charge on any atom is 0.198 e. The fourth-order valence-corrected chi connectivity index (χ4v) is 3.66. The summed E-state index contributed by atoms with van der Waals surface area (Å²) in [5.74, 6) is 0.682. The number of aliphatic imine (C=N–C) groups is 1. The fraction of sp³-hybridized carbons (Fsp3) is 0.381. The Balaban J connectivity index is 1.94. The molecule has 0 N–H and O–H groups in total. The summed E-state index contributed by atoms with van der Waals surface area (Å²) in [5.41, 5.74) is 4.96. The molecule has 0 radical (unpaired) electrons. The van der Waals surface area contributed by atoms with E-state index in [9.17, 15) is 0 Å². The lowest BCUT2D eigenvalue weighted by atomic mass is 10.0. The Morgan fingerprint density at radius 2 is 2.04 bits per heavy atom. The molecular formula is C21H23ClN4O. The summed E-state index contributed by atoms with van der Waals surface area (Å²) in [6.07, 6.45) is 6.62. The van der Waals surface area contributed by atoms with Crippen molar-refractivity contribution in [3.63, 3.8) is 0 Å². The lowest BCUT2D eigenvalue weighted by Gasteiger charge is -2.33. The molecule has 1 aliphatic heterocycles. The third kappa shape index (κ3) is 3.00. The van der Waals surface area contributed by atoms with Gasteiger partial charge in [-0.3, -0.25) is 0 Å². The molecule has 5 nitrogen and oxygen atoms in total. The second kappa shape index (κ2) is 6.64. The molecule has 0 amide bonds. The number of hydrogen-bond acceptors (Lipinski definition) is 4. The van der Waals surface area contributed by atoms with Gasteiger partial charge < -0.3 is 4.74 Å². The molecule has 3 heterocycles. The second-order valence-corrected chi connectivity index (χ2v) is 7.70. The first-order valence-electron chi connectivity index (χ1n) is 9.31. The van der Waals surface area contributed by atoms with Crippen LogP contribution in [0.2, 0.25) is 5.02 Å². The van der Waals surface area contributed by atoms with Gasteiger partial charge in [-0.25, -0.2) is 14.5 Å². The van der Waals surface area contributed by atoms with Crippen molar-refractivity contribution in [2.75, 3.05) is 0 Å². The van der Waals surface area contributed by atoms with Gasteiger partial charge in [0.1, 0.15) is 11.4 Å². The molecule has 1 unspecified atom stereocenters. The van der Waals surface area contributed by atoms with Crippen LogP contribution in [0.25, 0.3) is 5.65 Å². The Bertz CT molecular complexity index is 1060. The molecule has 3 aromatic rings. The Labute approximate surface area is 164 Å². The summed E-state index contributed by atoms with van der Waals surface area (Å²) >= 11 is 6.48. The number of hydrogen-bond donors (Lipinski definition) is 0. The largest absolute Gasteiger partial charge is 0.464 e. The summed E-state index contributed by atoms with van der Waals surface area (Å²) in [4.78, 5) is 9.62. The van der Waals surface area contributed by atoms with Crippen LogP contribution in [0.1, 0.15) is 55.5 Å². The van der Waals surface area contributed by atoms with Gasteiger partial charge in [-0.2, -0.15) is 5.10 Å². The molecule has 1 aliphatic rings. The summed E-state index contributed by atoms with van der Waals surface area (Å²) in [7, 11) is 0. The number of imidazole rings is 1. The van der Waals surface area contributed by atoms with Crippen LogP contribution in [0.4, 0.5) is 0 Å². The topological polar surface area (TPSA) is 51.8 Å². The third-order valence-corrected chi connectivity index (χ3v) is 5.46. The van der Waals surface area contributed by atoms with Gasteiger partial charge in [0.05, 0.1) is 17.4 Å². The number of ether oxygens (including phenoxy) is 1. The Morgan fingerprint density at radius 1 is 1.22 bits per heavy atom. The highest BCUT2D eigenvalue weighted by atomic mass is 35.5. The zero-order chi connectivity index (χ0) is 19.2.